The molecule has 0 nitrogen and oxygen atoms in total. The van der Waals surface area contributed by atoms with Crippen LogP contribution in [0.4, 0.5) is 0 Å². The molecule has 0 spiro atoms. The van der Waals surface area contributed by atoms with Crippen LogP contribution in [0, 0.1) is 0 Å². The number of rotatable bonds is 5. The fourth-order valence-electron chi connectivity index (χ4n) is 0.760. The van der Waals surface area contributed by atoms with E-state index in [2.05, 4.69) is 0 Å². The second-order valence-electron chi connectivity index (χ2n) is 2.35. The van der Waals surface area contributed by atoms with E-state index in [0.29, 0.717) is 0 Å². The Balaban J connectivity index is 3.87. The average Bonchev–Trinajstić information content (AvgIpc) is 1.83. The van der Waals surface area contributed by atoms with Gasteiger partial charge in [0.1, 0.15) is 0 Å². The summed E-state index contributed by atoms with van der Waals surface area (Å²) in [6.07, 6.45) is 0. The van der Waals surface area contributed by atoms with Crippen molar-refractivity contribution >= 4 is 88.7 Å². The molecule has 0 N–H and O–H groups in total. The maximum absolute atomic E-state index is 5.85. The lowest BCUT2D eigenvalue weighted by molar-refractivity contribution is 1.05. The fourth-order valence-corrected chi connectivity index (χ4v) is 14.2. The summed E-state index contributed by atoms with van der Waals surface area (Å²) < 4.78 is 0. The van der Waals surface area contributed by atoms with Crippen LogP contribution in [0.15, 0.2) is 0 Å². The Morgan fingerprint density at radius 1 is 0.750 bits per heavy atom. The highest BCUT2D eigenvalue weighted by Gasteiger charge is 2.25. The maximum atomic E-state index is 5.85. The Bertz CT molecular complexity index is 109. The second kappa shape index (κ2) is 7.65. The van der Waals surface area contributed by atoms with E-state index < -0.39 is 22.2 Å². The standard InChI is InChI=1S/C3H8Cl6Si3/c4-10(5)1-3(12(8)9)2-11(6)7/h3,10-12H,1-2H2. The number of hydrogen-bond acceptors (Lipinski definition) is 0. The summed E-state index contributed by atoms with van der Waals surface area (Å²) in [6.45, 7) is 0. The molecule has 0 bridgehead atoms. The molecule has 0 amide bonds. The summed E-state index contributed by atoms with van der Waals surface area (Å²) in [5, 5.41) is 0. The minimum Gasteiger partial charge on any atom is -0.150 e. The van der Waals surface area contributed by atoms with Crippen molar-refractivity contribution in [3.05, 3.63) is 0 Å². The van der Waals surface area contributed by atoms with Crippen LogP contribution >= 0.6 is 66.5 Å². The van der Waals surface area contributed by atoms with Crippen LogP contribution in [0.3, 0.4) is 0 Å². The van der Waals surface area contributed by atoms with Gasteiger partial charge >= 0.3 is 0 Å². The van der Waals surface area contributed by atoms with Crippen LogP contribution in [0.25, 0.3) is 0 Å². The van der Waals surface area contributed by atoms with E-state index in [-0.39, 0.29) is 5.54 Å². The van der Waals surface area contributed by atoms with Gasteiger partial charge in [-0.05, 0) is 17.6 Å². The van der Waals surface area contributed by atoms with Gasteiger partial charge < -0.3 is 0 Å². The van der Waals surface area contributed by atoms with Crippen molar-refractivity contribution in [1.29, 1.82) is 0 Å². The highest BCUT2D eigenvalue weighted by atomic mass is 35.7. The van der Waals surface area contributed by atoms with Gasteiger partial charge in [0.2, 0.25) is 22.2 Å². The Morgan fingerprint density at radius 3 is 1.25 bits per heavy atom. The SMILES string of the molecule is Cl[SiH](Cl)CC(C[SiH](Cl)Cl)[SiH](Cl)Cl. The van der Waals surface area contributed by atoms with Crippen molar-refractivity contribution in [3.8, 4) is 0 Å². The molecule has 0 aliphatic rings. The smallest absolute Gasteiger partial charge is 0.150 e. The average molecular weight is 341 g/mol. The molecule has 0 heterocycles. The number of halogens is 6. The molecular formula is C3H8Cl6Si3. The van der Waals surface area contributed by atoms with Gasteiger partial charge in [-0.2, -0.15) is 66.5 Å². The van der Waals surface area contributed by atoms with Crippen LogP contribution in [-0.4, -0.2) is 22.2 Å². The van der Waals surface area contributed by atoms with Crippen LogP contribution in [0.2, 0.25) is 17.6 Å². The van der Waals surface area contributed by atoms with Crippen molar-refractivity contribution < 1.29 is 0 Å². The Labute approximate surface area is 105 Å². The lowest BCUT2D eigenvalue weighted by atomic mass is 10.5. The molecule has 0 aliphatic carbocycles. The van der Waals surface area contributed by atoms with E-state index in [1.54, 1.807) is 0 Å². The molecule has 0 fully saturated rings. The molecule has 74 valence electrons. The second-order valence-corrected chi connectivity index (χ2v) is 17.6. The molecule has 0 aromatic heterocycles. The van der Waals surface area contributed by atoms with Crippen molar-refractivity contribution in [2.24, 2.45) is 0 Å². The highest BCUT2D eigenvalue weighted by Crippen LogP contribution is 2.32. The quantitative estimate of drug-likeness (QED) is 0.531. The molecule has 0 aromatic rings. The van der Waals surface area contributed by atoms with Gasteiger partial charge in [-0.25, -0.2) is 0 Å². The van der Waals surface area contributed by atoms with Gasteiger partial charge in [-0.1, -0.05) is 0 Å². The normalized spacial score (nSPS) is 12.5. The summed E-state index contributed by atoms with van der Waals surface area (Å²) in [6, 6.07) is 1.46. The molecule has 0 saturated heterocycles. The molecule has 0 saturated carbocycles. The van der Waals surface area contributed by atoms with Crippen LogP contribution in [0.1, 0.15) is 0 Å². The van der Waals surface area contributed by atoms with E-state index in [1.165, 1.54) is 0 Å². The third-order valence-corrected chi connectivity index (χ3v) is 9.86. The first kappa shape index (κ1) is 14.4. The Morgan fingerprint density at radius 2 is 1.08 bits per heavy atom. The predicted octanol–water partition coefficient (Wildman–Crippen LogP) is 3.45. The molecule has 0 aromatic carbocycles. The van der Waals surface area contributed by atoms with Gasteiger partial charge in [0.05, 0.1) is 0 Å². The van der Waals surface area contributed by atoms with Crippen molar-refractivity contribution in [2.45, 2.75) is 17.6 Å². The molecule has 12 heavy (non-hydrogen) atoms. The van der Waals surface area contributed by atoms with E-state index in [9.17, 15) is 0 Å². The van der Waals surface area contributed by atoms with E-state index in [0.717, 1.165) is 12.1 Å². The topological polar surface area (TPSA) is 0 Å². The first-order valence-electron chi connectivity index (χ1n) is 3.28. The zero-order valence-electron chi connectivity index (χ0n) is 5.99. The molecule has 0 rings (SSSR count). The van der Waals surface area contributed by atoms with Gasteiger partial charge in [0, 0.05) is 0 Å². The summed E-state index contributed by atoms with van der Waals surface area (Å²) in [7, 11) is -4.98. The van der Waals surface area contributed by atoms with E-state index in [4.69, 9.17) is 66.5 Å². The first-order valence-corrected chi connectivity index (χ1v) is 16.0. The van der Waals surface area contributed by atoms with Crippen LogP contribution in [0.5, 0.6) is 0 Å². The molecular weight excluding hydrogens is 333 g/mol. The Kier molecular flexibility index (Phi) is 9.18. The van der Waals surface area contributed by atoms with Crippen LogP contribution < -0.4 is 0 Å². The molecule has 0 atom stereocenters. The van der Waals surface area contributed by atoms with E-state index >= 15 is 0 Å². The number of hydrogen-bond donors (Lipinski definition) is 0. The van der Waals surface area contributed by atoms with E-state index in [1.807, 2.05) is 0 Å². The van der Waals surface area contributed by atoms with Crippen molar-refractivity contribution in [1.82, 2.24) is 0 Å². The minimum atomic E-state index is -1.72. The van der Waals surface area contributed by atoms with Gasteiger partial charge in [-0.3, -0.25) is 0 Å². The van der Waals surface area contributed by atoms with Gasteiger partial charge in [-0.15, -0.1) is 0 Å². The zero-order valence-corrected chi connectivity index (χ0v) is 14.0. The summed E-state index contributed by atoms with van der Waals surface area (Å²) in [5.41, 5.74) is 0.201. The zero-order chi connectivity index (χ0) is 9.72. The monoisotopic (exact) mass is 338 g/mol. The molecule has 0 radical (unpaired) electrons. The maximum Gasteiger partial charge on any atom is 0.239 e. The summed E-state index contributed by atoms with van der Waals surface area (Å²) >= 11 is 34.6. The predicted molar refractivity (Wildman–Crippen MR) is 69.9 cm³/mol. The summed E-state index contributed by atoms with van der Waals surface area (Å²) in [5.74, 6) is 0. The third kappa shape index (κ3) is 7.76. The largest absolute Gasteiger partial charge is 0.239 e. The fraction of sp³-hybridized carbons (Fsp3) is 1.00. The lowest BCUT2D eigenvalue weighted by Gasteiger charge is -2.16. The third-order valence-electron chi connectivity index (χ3n) is 1.32. The Hall–Kier alpha value is 2.39. The van der Waals surface area contributed by atoms with Crippen LogP contribution in [-0.2, 0) is 0 Å². The minimum absolute atomic E-state index is 0.201. The molecule has 0 aliphatic heterocycles. The first-order chi connectivity index (χ1) is 5.43. The van der Waals surface area contributed by atoms with Gasteiger partial charge in [0.25, 0.3) is 0 Å². The molecule has 9 heteroatoms. The molecule has 0 unspecified atom stereocenters. The van der Waals surface area contributed by atoms with Crippen molar-refractivity contribution in [3.63, 3.8) is 0 Å². The van der Waals surface area contributed by atoms with Crippen molar-refractivity contribution in [2.75, 3.05) is 0 Å². The summed E-state index contributed by atoms with van der Waals surface area (Å²) in [4.78, 5) is 0. The highest BCUT2D eigenvalue weighted by molar-refractivity contribution is 7.38. The lowest BCUT2D eigenvalue weighted by Crippen LogP contribution is -2.14. The van der Waals surface area contributed by atoms with Gasteiger partial charge in [0.15, 0.2) is 0 Å².